The van der Waals surface area contributed by atoms with Gasteiger partial charge in [0.1, 0.15) is 54.9 Å². The van der Waals surface area contributed by atoms with Gasteiger partial charge >= 0.3 is 0 Å². The SMILES string of the molecule is OC[C@H]1O[C@H](O)[C@H](O)C[C@@H]1O[C@H]1O[C@H](CO[C@@H]2C[C@@H](O)[C@H](O)[C@@H](CO[C@H]3OC[C@@H](O)C[C@H]3O)O2)[C@@H](O)[C@H](O)[C@H]1O. The van der Waals surface area contributed by atoms with Crippen molar-refractivity contribution >= 4 is 0 Å². The van der Waals surface area contributed by atoms with E-state index in [-0.39, 0.29) is 32.5 Å². The highest BCUT2D eigenvalue weighted by Gasteiger charge is 2.48. The molecule has 0 aromatic heterocycles. The highest BCUT2D eigenvalue weighted by atomic mass is 16.7. The third kappa shape index (κ3) is 7.63. The first kappa shape index (κ1) is 32.2. The molecule has 0 aliphatic carbocycles. The lowest BCUT2D eigenvalue weighted by molar-refractivity contribution is -0.345. The maximum absolute atomic E-state index is 10.4. The van der Waals surface area contributed by atoms with Crippen LogP contribution in [0.5, 0.6) is 0 Å². The second-order valence-electron chi connectivity index (χ2n) is 10.5. The Kier molecular flexibility index (Phi) is 11.4. The lowest BCUT2D eigenvalue weighted by atomic mass is 9.98. The Hall–Kier alpha value is -0.680. The molecule has 0 bridgehead atoms. The molecule has 0 unspecified atom stereocenters. The van der Waals surface area contributed by atoms with Crippen LogP contribution in [0.25, 0.3) is 0 Å². The predicted molar refractivity (Wildman–Crippen MR) is 124 cm³/mol. The maximum Gasteiger partial charge on any atom is 0.187 e. The molecule has 4 aliphatic rings. The smallest absolute Gasteiger partial charge is 0.187 e. The van der Waals surface area contributed by atoms with Crippen molar-refractivity contribution in [1.29, 1.82) is 0 Å². The fraction of sp³-hybridized carbons (Fsp3) is 1.00. The zero-order chi connectivity index (χ0) is 29.1. The van der Waals surface area contributed by atoms with E-state index < -0.39 is 112 Å². The van der Waals surface area contributed by atoms with Gasteiger partial charge in [-0.1, -0.05) is 0 Å². The van der Waals surface area contributed by atoms with E-state index in [0.717, 1.165) is 0 Å². The van der Waals surface area contributed by atoms with Crippen molar-refractivity contribution < 1.29 is 84.2 Å². The lowest BCUT2D eigenvalue weighted by Gasteiger charge is -2.44. The van der Waals surface area contributed by atoms with E-state index in [0.29, 0.717) is 0 Å². The van der Waals surface area contributed by atoms with E-state index in [1.165, 1.54) is 0 Å². The Labute approximate surface area is 228 Å². The molecule has 4 aliphatic heterocycles. The topological polar surface area (TPSA) is 267 Å². The molecule has 234 valence electrons. The van der Waals surface area contributed by atoms with Crippen LogP contribution in [0, 0.1) is 0 Å². The number of hydrogen-bond donors (Lipinski definition) is 10. The highest BCUT2D eigenvalue weighted by molar-refractivity contribution is 4.91. The molecule has 10 N–H and O–H groups in total. The third-order valence-corrected chi connectivity index (χ3v) is 7.38. The van der Waals surface area contributed by atoms with Gasteiger partial charge in [0.2, 0.25) is 0 Å². The van der Waals surface area contributed by atoms with Crippen LogP contribution in [-0.2, 0) is 33.2 Å². The van der Waals surface area contributed by atoms with Gasteiger partial charge in [0.25, 0.3) is 0 Å². The largest absolute Gasteiger partial charge is 0.394 e. The van der Waals surface area contributed by atoms with Gasteiger partial charge in [0.15, 0.2) is 25.2 Å². The van der Waals surface area contributed by atoms with Crippen LogP contribution in [-0.4, -0.2) is 176 Å². The van der Waals surface area contributed by atoms with Crippen molar-refractivity contribution in [1.82, 2.24) is 0 Å². The van der Waals surface area contributed by atoms with E-state index in [1.54, 1.807) is 0 Å². The molecule has 16 atom stereocenters. The number of rotatable bonds is 9. The van der Waals surface area contributed by atoms with Gasteiger partial charge in [-0.15, -0.1) is 0 Å². The summed E-state index contributed by atoms with van der Waals surface area (Å²) >= 11 is 0. The molecule has 0 saturated carbocycles. The summed E-state index contributed by atoms with van der Waals surface area (Å²) in [5.74, 6) is 0. The zero-order valence-corrected chi connectivity index (χ0v) is 21.5. The molecule has 17 heteroatoms. The second-order valence-corrected chi connectivity index (χ2v) is 10.5. The molecule has 0 radical (unpaired) electrons. The zero-order valence-electron chi connectivity index (χ0n) is 21.5. The second kappa shape index (κ2) is 14.2. The van der Waals surface area contributed by atoms with E-state index >= 15 is 0 Å². The maximum atomic E-state index is 10.4. The van der Waals surface area contributed by atoms with Gasteiger partial charge in [0, 0.05) is 19.3 Å². The minimum atomic E-state index is -1.73. The fourth-order valence-corrected chi connectivity index (χ4v) is 4.99. The molecule has 0 aromatic carbocycles. The van der Waals surface area contributed by atoms with Crippen molar-refractivity contribution in [3.8, 4) is 0 Å². The Balaban J connectivity index is 1.31. The van der Waals surface area contributed by atoms with E-state index in [2.05, 4.69) is 0 Å². The molecular weight excluding hydrogens is 548 g/mol. The summed E-state index contributed by atoms with van der Waals surface area (Å²) in [6, 6.07) is 0. The van der Waals surface area contributed by atoms with E-state index in [4.69, 9.17) is 33.2 Å². The summed E-state index contributed by atoms with van der Waals surface area (Å²) in [4.78, 5) is 0. The standard InChI is InChI=1S/C23H40O17/c24-4-13-12(2-10(27)21(33)38-13)39-23-20(32)19(31)18(30)15(40-23)6-34-16-3-9(26)17(29)14(37-16)7-36-22-11(28)1-8(25)5-35-22/h8-33H,1-7H2/t8-,9+,10+,11+,12-,13+,14+,15+,16-,17-,18+,19-,20+,21-,22+,23-/m0/s1. The Morgan fingerprint density at radius 2 is 1.30 bits per heavy atom. The monoisotopic (exact) mass is 588 g/mol. The quantitative estimate of drug-likeness (QED) is 0.120. The first-order valence-corrected chi connectivity index (χ1v) is 13.2. The summed E-state index contributed by atoms with van der Waals surface area (Å²) in [5.41, 5.74) is 0. The van der Waals surface area contributed by atoms with Crippen LogP contribution in [0.3, 0.4) is 0 Å². The Morgan fingerprint density at radius 1 is 0.600 bits per heavy atom. The van der Waals surface area contributed by atoms with Crippen LogP contribution in [0.1, 0.15) is 19.3 Å². The number of ether oxygens (including phenoxy) is 7. The van der Waals surface area contributed by atoms with Gasteiger partial charge in [-0.25, -0.2) is 0 Å². The minimum absolute atomic E-state index is 0.0407. The van der Waals surface area contributed by atoms with Crippen molar-refractivity contribution in [2.24, 2.45) is 0 Å². The normalized spacial score (nSPS) is 50.5. The molecule has 0 aromatic rings. The van der Waals surface area contributed by atoms with Crippen LogP contribution >= 0.6 is 0 Å². The predicted octanol–water partition coefficient (Wildman–Crippen LogP) is -6.02. The average Bonchev–Trinajstić information content (AvgIpc) is 2.91. The fourth-order valence-electron chi connectivity index (χ4n) is 4.99. The molecule has 4 rings (SSSR count). The minimum Gasteiger partial charge on any atom is -0.394 e. The van der Waals surface area contributed by atoms with Crippen LogP contribution in [0.2, 0.25) is 0 Å². The highest BCUT2D eigenvalue weighted by Crippen LogP contribution is 2.30. The average molecular weight is 589 g/mol. The molecule has 4 fully saturated rings. The first-order chi connectivity index (χ1) is 19.0. The van der Waals surface area contributed by atoms with Crippen LogP contribution < -0.4 is 0 Å². The Morgan fingerprint density at radius 3 is 2.00 bits per heavy atom. The molecular formula is C23H40O17. The van der Waals surface area contributed by atoms with Gasteiger partial charge in [-0.3, -0.25) is 0 Å². The van der Waals surface area contributed by atoms with E-state index in [9.17, 15) is 51.1 Å². The molecule has 4 heterocycles. The van der Waals surface area contributed by atoms with Crippen molar-refractivity contribution in [3.05, 3.63) is 0 Å². The van der Waals surface area contributed by atoms with Gasteiger partial charge in [0.05, 0.1) is 44.7 Å². The van der Waals surface area contributed by atoms with E-state index in [1.807, 2.05) is 0 Å². The van der Waals surface area contributed by atoms with Crippen LogP contribution in [0.4, 0.5) is 0 Å². The summed E-state index contributed by atoms with van der Waals surface area (Å²) in [6.45, 7) is -1.34. The first-order valence-electron chi connectivity index (χ1n) is 13.2. The van der Waals surface area contributed by atoms with Gasteiger partial charge in [-0.05, 0) is 0 Å². The molecule has 0 amide bonds. The summed E-state index contributed by atoms with van der Waals surface area (Å²) in [7, 11) is 0. The number of aliphatic hydroxyl groups is 10. The van der Waals surface area contributed by atoms with Gasteiger partial charge in [-0.2, -0.15) is 0 Å². The molecule has 40 heavy (non-hydrogen) atoms. The number of aliphatic hydroxyl groups excluding tert-OH is 10. The molecule has 0 spiro atoms. The van der Waals surface area contributed by atoms with Crippen molar-refractivity contribution in [3.63, 3.8) is 0 Å². The summed E-state index contributed by atoms with van der Waals surface area (Å²) in [5, 5.41) is 100. The lowest BCUT2D eigenvalue weighted by Crippen LogP contribution is -2.61. The summed E-state index contributed by atoms with van der Waals surface area (Å²) < 4.78 is 38.3. The molecule has 17 nitrogen and oxygen atoms in total. The third-order valence-electron chi connectivity index (χ3n) is 7.38. The van der Waals surface area contributed by atoms with Crippen molar-refractivity contribution in [2.75, 3.05) is 26.4 Å². The van der Waals surface area contributed by atoms with Crippen LogP contribution in [0.15, 0.2) is 0 Å². The van der Waals surface area contributed by atoms with Crippen molar-refractivity contribution in [2.45, 2.75) is 118 Å². The summed E-state index contributed by atoms with van der Waals surface area (Å²) in [6.07, 6.45) is -21.1. The number of hydrogen-bond acceptors (Lipinski definition) is 17. The van der Waals surface area contributed by atoms with Gasteiger partial charge < -0.3 is 84.2 Å². The molecule has 4 saturated heterocycles. The Bertz CT molecular complexity index is 778.